The fourth-order valence-corrected chi connectivity index (χ4v) is 0.876. The lowest BCUT2D eigenvalue weighted by Gasteiger charge is -2.06. The number of benzene rings is 1. The molecule has 1 aromatic rings. The fraction of sp³-hybridized carbons (Fsp3) is 0.125. The molecule has 0 spiro atoms. The Morgan fingerprint density at radius 3 is 2.53 bits per heavy atom. The van der Waals surface area contributed by atoms with Crippen molar-refractivity contribution in [1.29, 1.82) is 0 Å². The molecule has 0 saturated carbocycles. The van der Waals surface area contributed by atoms with E-state index >= 15 is 0 Å². The van der Waals surface area contributed by atoms with Crippen LogP contribution in [0, 0.1) is 10.1 Å². The molecule has 1 aromatic carbocycles. The fourth-order valence-electron chi connectivity index (χ4n) is 0.876. The van der Waals surface area contributed by atoms with Crippen LogP contribution in [0.2, 0.25) is 0 Å². The van der Waals surface area contributed by atoms with Gasteiger partial charge in [0.2, 0.25) is 0 Å². The lowest BCUT2D eigenvalue weighted by atomic mass is 10.3. The molecular formula is C8H10N4O3. The van der Waals surface area contributed by atoms with Crippen molar-refractivity contribution in [3.05, 3.63) is 34.4 Å². The van der Waals surface area contributed by atoms with Gasteiger partial charge >= 0.3 is 0 Å². The summed E-state index contributed by atoms with van der Waals surface area (Å²) in [6.07, 6.45) is 0.699. The van der Waals surface area contributed by atoms with Crippen LogP contribution in [0.15, 0.2) is 24.3 Å². The van der Waals surface area contributed by atoms with E-state index < -0.39 is 4.92 Å². The summed E-state index contributed by atoms with van der Waals surface area (Å²) in [5.41, 5.74) is 8.49. The average Bonchev–Trinajstić information content (AvgIpc) is 2.25. The molecular weight excluding hydrogens is 200 g/mol. The Kier molecular flexibility index (Phi) is 4.20. The van der Waals surface area contributed by atoms with Crippen molar-refractivity contribution < 1.29 is 9.72 Å². The van der Waals surface area contributed by atoms with Crippen LogP contribution >= 0.6 is 0 Å². The molecule has 0 heterocycles. The predicted molar refractivity (Wildman–Crippen MR) is 53.9 cm³/mol. The Labute approximate surface area is 85.6 Å². The number of hydrogen-bond acceptors (Lipinski definition) is 6. The number of anilines is 1. The third-order valence-electron chi connectivity index (χ3n) is 1.56. The highest BCUT2D eigenvalue weighted by Crippen LogP contribution is 2.14. The summed E-state index contributed by atoms with van der Waals surface area (Å²) in [6, 6.07) is 5.86. The topological polar surface area (TPSA) is 96.3 Å². The first-order valence-corrected chi connectivity index (χ1v) is 4.16. The molecule has 0 saturated heterocycles. The molecule has 1 rings (SSSR count). The Morgan fingerprint density at radius 1 is 1.33 bits per heavy atom. The highest BCUT2D eigenvalue weighted by Gasteiger charge is 2.02. The molecule has 0 radical (unpaired) electrons. The minimum atomic E-state index is -0.470. The van der Waals surface area contributed by atoms with Crippen LogP contribution in [-0.2, 0) is 4.79 Å². The normalized spacial score (nSPS) is 9.60. The van der Waals surface area contributed by atoms with Crippen molar-refractivity contribution in [3.8, 4) is 0 Å². The van der Waals surface area contributed by atoms with Crippen molar-refractivity contribution >= 4 is 17.7 Å². The number of hydrazine groups is 2. The second-order valence-electron chi connectivity index (χ2n) is 2.60. The van der Waals surface area contributed by atoms with E-state index in [2.05, 4.69) is 16.4 Å². The van der Waals surface area contributed by atoms with E-state index in [9.17, 15) is 14.9 Å². The maximum absolute atomic E-state index is 10.3. The number of nitro groups is 1. The van der Waals surface area contributed by atoms with Gasteiger partial charge < -0.3 is 10.2 Å². The highest BCUT2D eigenvalue weighted by molar-refractivity contribution is 5.52. The minimum Gasteiger partial charge on any atom is -0.308 e. The molecule has 0 aliphatic carbocycles. The van der Waals surface area contributed by atoms with Crippen LogP contribution < -0.4 is 16.4 Å². The van der Waals surface area contributed by atoms with Crippen molar-refractivity contribution in [2.75, 3.05) is 12.0 Å². The zero-order valence-electron chi connectivity index (χ0n) is 7.77. The van der Waals surface area contributed by atoms with Crippen LogP contribution in [0.5, 0.6) is 0 Å². The third kappa shape index (κ3) is 3.71. The maximum Gasteiger partial charge on any atom is 0.269 e. The Hall–Kier alpha value is -1.99. The maximum atomic E-state index is 10.3. The summed E-state index contributed by atoms with van der Waals surface area (Å²) in [5, 5.41) is 10.3. The standard InChI is InChI=1S/C8H10N4O3/c13-6-5-9-11-10-7-1-3-8(4-2-7)12(14)15/h1-4,6,9-11H,5H2. The van der Waals surface area contributed by atoms with Gasteiger partial charge in [0.05, 0.1) is 17.2 Å². The predicted octanol–water partition coefficient (Wildman–Crippen LogP) is 0.215. The van der Waals surface area contributed by atoms with Gasteiger partial charge in [-0.25, -0.2) is 5.43 Å². The molecule has 0 unspecified atom stereocenters. The van der Waals surface area contributed by atoms with Crippen molar-refractivity contribution in [1.82, 2.24) is 11.0 Å². The summed E-state index contributed by atoms with van der Waals surface area (Å²) in [6.45, 7) is 0.167. The van der Waals surface area contributed by atoms with Crippen LogP contribution in [0.1, 0.15) is 0 Å². The van der Waals surface area contributed by atoms with Gasteiger partial charge in [-0.05, 0) is 12.1 Å². The second-order valence-corrected chi connectivity index (χ2v) is 2.60. The van der Waals surface area contributed by atoms with E-state index in [1.807, 2.05) is 0 Å². The second kappa shape index (κ2) is 5.68. The first-order valence-electron chi connectivity index (χ1n) is 4.16. The lowest BCUT2D eigenvalue weighted by Crippen LogP contribution is -2.37. The monoisotopic (exact) mass is 210 g/mol. The number of carbonyl (C=O) groups is 1. The number of nitro benzene ring substituents is 1. The van der Waals surface area contributed by atoms with Gasteiger partial charge in [0.25, 0.3) is 5.69 Å². The largest absolute Gasteiger partial charge is 0.308 e. The highest BCUT2D eigenvalue weighted by atomic mass is 16.6. The molecule has 0 fully saturated rings. The van der Waals surface area contributed by atoms with E-state index in [0.29, 0.717) is 12.0 Å². The molecule has 0 bridgehead atoms. The van der Waals surface area contributed by atoms with Gasteiger partial charge in [0, 0.05) is 12.1 Å². The Bertz CT molecular complexity index is 338. The van der Waals surface area contributed by atoms with E-state index in [-0.39, 0.29) is 12.2 Å². The van der Waals surface area contributed by atoms with E-state index in [1.165, 1.54) is 12.1 Å². The van der Waals surface area contributed by atoms with Crippen molar-refractivity contribution in [3.63, 3.8) is 0 Å². The summed E-state index contributed by atoms with van der Waals surface area (Å²) in [7, 11) is 0. The Morgan fingerprint density at radius 2 is 2.00 bits per heavy atom. The van der Waals surface area contributed by atoms with Crippen molar-refractivity contribution in [2.45, 2.75) is 0 Å². The summed E-state index contributed by atoms with van der Waals surface area (Å²) >= 11 is 0. The smallest absolute Gasteiger partial charge is 0.269 e. The summed E-state index contributed by atoms with van der Waals surface area (Å²) < 4.78 is 0. The third-order valence-corrected chi connectivity index (χ3v) is 1.56. The quantitative estimate of drug-likeness (QED) is 0.269. The van der Waals surface area contributed by atoms with Crippen LogP contribution in [0.25, 0.3) is 0 Å². The zero-order valence-corrected chi connectivity index (χ0v) is 7.77. The first-order chi connectivity index (χ1) is 7.24. The molecule has 7 nitrogen and oxygen atoms in total. The van der Waals surface area contributed by atoms with Gasteiger partial charge in [0.15, 0.2) is 0 Å². The van der Waals surface area contributed by atoms with Gasteiger partial charge in [-0.2, -0.15) is 5.53 Å². The lowest BCUT2D eigenvalue weighted by molar-refractivity contribution is -0.384. The average molecular weight is 210 g/mol. The summed E-state index contributed by atoms with van der Waals surface area (Å²) in [4.78, 5) is 19.8. The molecule has 0 atom stereocenters. The van der Waals surface area contributed by atoms with Crippen molar-refractivity contribution in [2.24, 2.45) is 0 Å². The number of non-ortho nitro benzene ring substituents is 1. The SMILES string of the molecule is O=CCNNNc1ccc([N+](=O)[O-])cc1. The van der Waals surface area contributed by atoms with E-state index in [4.69, 9.17) is 0 Å². The summed E-state index contributed by atoms with van der Waals surface area (Å²) in [5.74, 6) is 0. The first kappa shape index (κ1) is 11.1. The molecule has 80 valence electrons. The number of hydrogen-bond donors (Lipinski definition) is 3. The molecule has 3 N–H and O–H groups in total. The number of carbonyl (C=O) groups excluding carboxylic acids is 1. The molecule has 0 aliphatic rings. The number of aldehydes is 1. The van der Waals surface area contributed by atoms with E-state index in [0.717, 1.165) is 0 Å². The van der Waals surface area contributed by atoms with Gasteiger partial charge in [-0.15, -0.1) is 0 Å². The number of rotatable bonds is 6. The van der Waals surface area contributed by atoms with Crippen LogP contribution in [0.3, 0.4) is 0 Å². The molecule has 0 amide bonds. The van der Waals surface area contributed by atoms with Gasteiger partial charge in [-0.1, -0.05) is 0 Å². The number of nitrogens with one attached hydrogen (secondary N) is 3. The van der Waals surface area contributed by atoms with E-state index in [1.54, 1.807) is 12.1 Å². The minimum absolute atomic E-state index is 0.0291. The van der Waals surface area contributed by atoms with Crippen LogP contribution in [0.4, 0.5) is 11.4 Å². The molecule has 15 heavy (non-hydrogen) atoms. The van der Waals surface area contributed by atoms with Gasteiger partial charge in [-0.3, -0.25) is 10.1 Å². The zero-order chi connectivity index (χ0) is 11.1. The molecule has 0 aliphatic heterocycles. The molecule has 0 aromatic heterocycles. The van der Waals surface area contributed by atoms with Crippen LogP contribution in [-0.4, -0.2) is 17.8 Å². The number of nitrogens with zero attached hydrogens (tertiary/aromatic N) is 1. The Balaban J connectivity index is 2.42. The van der Waals surface area contributed by atoms with Gasteiger partial charge in [0.1, 0.15) is 6.29 Å². The molecule has 7 heteroatoms.